The first kappa shape index (κ1) is 39.4. The number of fused-ring (bicyclic) bond motifs is 6. The van der Waals surface area contributed by atoms with Gasteiger partial charge in [0.05, 0.1) is 0 Å². The van der Waals surface area contributed by atoms with E-state index >= 15 is 0 Å². The fourth-order valence-corrected chi connectivity index (χ4v) is 18.2. The average molecular weight is 890 g/mol. The maximum absolute atomic E-state index is 2.63. The van der Waals surface area contributed by atoms with Crippen LogP contribution in [-0.4, -0.2) is 0 Å². The van der Waals surface area contributed by atoms with Crippen LogP contribution in [-0.2, 0) is 10.8 Å². The predicted molar refractivity (Wildman–Crippen MR) is 284 cm³/mol. The maximum Gasteiger partial charge on any atom is 0.0462 e. The van der Waals surface area contributed by atoms with Crippen molar-refractivity contribution in [1.29, 1.82) is 0 Å². The molecule has 0 aliphatic heterocycles. The molecule has 0 atom stereocenters. The van der Waals surface area contributed by atoms with Crippen molar-refractivity contribution in [3.8, 4) is 55.6 Å². The summed E-state index contributed by atoms with van der Waals surface area (Å²) >= 11 is 0. The van der Waals surface area contributed by atoms with Gasteiger partial charge in [0.15, 0.2) is 0 Å². The zero-order valence-corrected chi connectivity index (χ0v) is 39.5. The molecule has 0 saturated heterocycles. The number of nitrogens with zero attached hydrogens (tertiary/aromatic N) is 1. The van der Waals surface area contributed by atoms with E-state index in [9.17, 15) is 0 Å². The molecule has 8 fully saturated rings. The minimum atomic E-state index is 0.172. The molecule has 8 bridgehead atoms. The van der Waals surface area contributed by atoms with Crippen molar-refractivity contribution < 1.29 is 0 Å². The van der Waals surface area contributed by atoms with Crippen LogP contribution in [0.2, 0.25) is 0 Å². The number of hydrogen-bond donors (Lipinski definition) is 0. The van der Waals surface area contributed by atoms with Crippen molar-refractivity contribution in [2.75, 3.05) is 4.90 Å². The summed E-state index contributed by atoms with van der Waals surface area (Å²) in [6.07, 6.45) is 14.3. The van der Waals surface area contributed by atoms with Gasteiger partial charge in [-0.1, -0.05) is 140 Å². The van der Waals surface area contributed by atoms with E-state index in [0.717, 1.165) is 58.7 Å². The van der Waals surface area contributed by atoms with Gasteiger partial charge in [-0.3, -0.25) is 0 Å². The first-order valence-electron chi connectivity index (χ1n) is 26.7. The van der Waals surface area contributed by atoms with Crippen LogP contribution in [0.3, 0.4) is 0 Å². The quantitative estimate of drug-likeness (QED) is 0.161. The van der Waals surface area contributed by atoms with Gasteiger partial charge in [0.1, 0.15) is 0 Å². The second-order valence-electron chi connectivity index (χ2n) is 23.3. The van der Waals surface area contributed by atoms with Crippen LogP contribution >= 0.6 is 0 Å². The molecule has 2 spiro atoms. The van der Waals surface area contributed by atoms with Gasteiger partial charge in [-0.25, -0.2) is 0 Å². The average Bonchev–Trinajstić information content (AvgIpc) is 3.85. The van der Waals surface area contributed by atoms with Crippen LogP contribution in [0.25, 0.3) is 55.6 Å². The zero-order valence-electron chi connectivity index (χ0n) is 39.5. The van der Waals surface area contributed by atoms with Crippen molar-refractivity contribution >= 4 is 17.1 Å². The molecule has 0 N–H and O–H groups in total. The standard InChI is InChI=1S/C68H59N/c1-2-8-46(9-3-1)47-14-22-56(23-15-47)69(57-24-16-48(17-25-57)50-21-29-65-62(40-50)60-11-5-7-13-64(60)67(65)52-32-42-30-43(34-52)35-53(67)33-42)58-26-18-49(19-27-58)51-20-28-61-59-10-4-6-12-63(59)68(66(61)41-51)54-36-44-31-45(38-54)39-55(68)37-44/h1-29,40-45,52-55H,30-39H2. The lowest BCUT2D eigenvalue weighted by atomic mass is 9.43. The molecule has 8 aromatic carbocycles. The van der Waals surface area contributed by atoms with E-state index in [-0.39, 0.29) is 10.8 Å². The SMILES string of the molecule is c1ccc(-c2ccc(N(c3ccc(-c4ccc5c(c4)-c4ccccc4C54C5CC6CC(C5)CC4C6)cc3)c3ccc(-c4ccc5c(c4)C4(c6ccccc6-5)C5CC6CC(C5)CC4C6)cc3)cc2)cc1. The Morgan fingerprint density at radius 1 is 0.261 bits per heavy atom. The Bertz CT molecular complexity index is 3280. The number of anilines is 3. The summed E-state index contributed by atoms with van der Waals surface area (Å²) in [5.41, 5.74) is 24.0. The molecular weight excluding hydrogens is 831 g/mol. The third-order valence-electron chi connectivity index (χ3n) is 20.3. The van der Waals surface area contributed by atoms with Crippen LogP contribution in [0.1, 0.15) is 86.5 Å². The molecule has 0 aromatic heterocycles. The molecule has 0 amide bonds. The molecule has 8 saturated carbocycles. The largest absolute Gasteiger partial charge is 0.311 e. The summed E-state index contributed by atoms with van der Waals surface area (Å²) in [4.78, 5) is 2.44. The van der Waals surface area contributed by atoms with Gasteiger partial charge in [-0.15, -0.1) is 0 Å². The molecule has 8 aromatic rings. The Morgan fingerprint density at radius 2 is 0.609 bits per heavy atom. The lowest BCUT2D eigenvalue weighted by Crippen LogP contribution is -2.55. The van der Waals surface area contributed by atoms with E-state index in [1.165, 1.54) is 126 Å². The third kappa shape index (κ3) is 5.48. The maximum atomic E-state index is 2.63. The van der Waals surface area contributed by atoms with Gasteiger partial charge in [0.25, 0.3) is 0 Å². The monoisotopic (exact) mass is 889 g/mol. The van der Waals surface area contributed by atoms with E-state index in [1.807, 2.05) is 0 Å². The summed E-state index contributed by atoms with van der Waals surface area (Å²) in [5.74, 6) is 6.88. The van der Waals surface area contributed by atoms with Crippen LogP contribution in [0.5, 0.6) is 0 Å². The Kier molecular flexibility index (Phi) is 8.31. The number of hydrogen-bond acceptors (Lipinski definition) is 1. The highest BCUT2D eigenvalue weighted by Crippen LogP contribution is 2.71. The van der Waals surface area contributed by atoms with Crippen molar-refractivity contribution in [3.63, 3.8) is 0 Å². The molecule has 0 radical (unpaired) electrons. The summed E-state index contributed by atoms with van der Waals surface area (Å²) in [6.45, 7) is 0. The molecule has 18 rings (SSSR count). The zero-order chi connectivity index (χ0) is 45.0. The number of benzene rings is 8. The predicted octanol–water partition coefficient (Wildman–Crippen LogP) is 17.6. The molecule has 0 unspecified atom stereocenters. The summed E-state index contributed by atoms with van der Waals surface area (Å²) in [7, 11) is 0. The van der Waals surface area contributed by atoms with Crippen molar-refractivity contribution in [1.82, 2.24) is 0 Å². The fraction of sp³-hybridized carbons (Fsp3) is 0.294. The lowest BCUT2D eigenvalue weighted by Gasteiger charge is -2.61. The van der Waals surface area contributed by atoms with Crippen molar-refractivity contribution in [2.45, 2.75) is 75.0 Å². The van der Waals surface area contributed by atoms with Crippen LogP contribution < -0.4 is 4.90 Å². The van der Waals surface area contributed by atoms with Crippen LogP contribution in [0.15, 0.2) is 188 Å². The highest BCUT2D eigenvalue weighted by atomic mass is 15.1. The number of rotatable bonds is 6. The van der Waals surface area contributed by atoms with Gasteiger partial charge >= 0.3 is 0 Å². The normalized spacial score (nSPS) is 29.9. The minimum Gasteiger partial charge on any atom is -0.311 e. The van der Waals surface area contributed by atoms with Crippen LogP contribution in [0, 0.1) is 47.3 Å². The second-order valence-corrected chi connectivity index (χ2v) is 23.3. The summed E-state index contributed by atoms with van der Waals surface area (Å²) in [5, 5.41) is 0. The van der Waals surface area contributed by atoms with Gasteiger partial charge in [0.2, 0.25) is 0 Å². The van der Waals surface area contributed by atoms with Gasteiger partial charge < -0.3 is 4.90 Å². The van der Waals surface area contributed by atoms with Crippen molar-refractivity contribution in [3.05, 3.63) is 210 Å². The van der Waals surface area contributed by atoms with Crippen LogP contribution in [0.4, 0.5) is 17.1 Å². The van der Waals surface area contributed by atoms with E-state index in [0.29, 0.717) is 0 Å². The topological polar surface area (TPSA) is 3.24 Å². The fourth-order valence-electron chi connectivity index (χ4n) is 18.2. The molecule has 10 aliphatic rings. The smallest absolute Gasteiger partial charge is 0.0462 e. The Labute approximate surface area is 408 Å². The van der Waals surface area contributed by atoms with Gasteiger partial charge in [-0.05, 0) is 238 Å². The van der Waals surface area contributed by atoms with E-state index in [1.54, 1.807) is 22.3 Å². The third-order valence-corrected chi connectivity index (χ3v) is 20.3. The summed E-state index contributed by atoms with van der Waals surface area (Å²) in [6, 6.07) is 72.8. The highest BCUT2D eigenvalue weighted by molar-refractivity contribution is 5.88. The highest BCUT2D eigenvalue weighted by Gasteiger charge is 2.63. The molecule has 1 heteroatoms. The minimum absolute atomic E-state index is 0.172. The van der Waals surface area contributed by atoms with E-state index < -0.39 is 0 Å². The first-order chi connectivity index (χ1) is 34.1. The van der Waals surface area contributed by atoms with E-state index in [2.05, 4.69) is 193 Å². The van der Waals surface area contributed by atoms with Gasteiger partial charge in [-0.2, -0.15) is 0 Å². The Morgan fingerprint density at radius 3 is 1.12 bits per heavy atom. The van der Waals surface area contributed by atoms with Crippen molar-refractivity contribution in [2.24, 2.45) is 47.3 Å². The molecule has 1 nitrogen and oxygen atoms in total. The van der Waals surface area contributed by atoms with E-state index in [4.69, 9.17) is 0 Å². The second kappa shape index (κ2) is 14.6. The molecule has 69 heavy (non-hydrogen) atoms. The molecule has 0 heterocycles. The Balaban J connectivity index is 0.758. The Hall–Kier alpha value is -6.44. The van der Waals surface area contributed by atoms with Gasteiger partial charge in [0, 0.05) is 27.9 Å². The lowest BCUT2D eigenvalue weighted by molar-refractivity contribution is -0.0399. The molecular formula is C68H59N. The molecule has 10 aliphatic carbocycles. The summed E-state index contributed by atoms with van der Waals surface area (Å²) < 4.78 is 0. The first-order valence-corrected chi connectivity index (χ1v) is 26.7. The molecule has 336 valence electrons.